The van der Waals surface area contributed by atoms with Crippen LogP contribution in [-0.4, -0.2) is 35.2 Å². The molecule has 4 rings (SSSR count). The topological polar surface area (TPSA) is 59.4 Å². The summed E-state index contributed by atoms with van der Waals surface area (Å²) < 4.78 is 7.73. The fourth-order valence-corrected chi connectivity index (χ4v) is 3.96. The molecule has 156 valence electrons. The van der Waals surface area contributed by atoms with E-state index >= 15 is 0 Å². The number of benzene rings is 1. The van der Waals surface area contributed by atoms with Gasteiger partial charge in [-0.2, -0.15) is 0 Å². The lowest BCUT2D eigenvalue weighted by Gasteiger charge is -2.33. The van der Waals surface area contributed by atoms with Crippen LogP contribution in [0.2, 0.25) is 0 Å². The van der Waals surface area contributed by atoms with Gasteiger partial charge < -0.3 is 19.5 Å². The summed E-state index contributed by atoms with van der Waals surface area (Å²) in [4.78, 5) is 19.7. The quantitative estimate of drug-likeness (QED) is 0.651. The van der Waals surface area contributed by atoms with E-state index < -0.39 is 0 Å². The molecule has 1 N–H and O–H groups in total. The maximum absolute atomic E-state index is 12.7. The Morgan fingerprint density at radius 1 is 1.10 bits per heavy atom. The van der Waals surface area contributed by atoms with Gasteiger partial charge in [-0.3, -0.25) is 4.79 Å². The van der Waals surface area contributed by atoms with Crippen molar-refractivity contribution in [2.24, 2.45) is 5.92 Å². The number of para-hydroxylation sites is 1. The molecule has 0 radical (unpaired) electrons. The molecule has 1 aliphatic rings. The molecule has 3 heterocycles. The highest BCUT2D eigenvalue weighted by molar-refractivity contribution is 5.79. The Labute approximate surface area is 177 Å². The number of carbonyl (C=O) groups excluding carboxylic acids is 1. The van der Waals surface area contributed by atoms with Crippen LogP contribution in [0.5, 0.6) is 5.75 Å². The third-order valence-corrected chi connectivity index (χ3v) is 5.54. The maximum Gasteiger partial charge on any atom is 0.223 e. The van der Waals surface area contributed by atoms with Gasteiger partial charge in [0.15, 0.2) is 5.82 Å². The third-order valence-electron chi connectivity index (χ3n) is 5.54. The van der Waals surface area contributed by atoms with Crippen molar-refractivity contribution >= 4 is 11.7 Å². The molecule has 0 unspecified atom stereocenters. The van der Waals surface area contributed by atoms with E-state index in [1.54, 1.807) is 0 Å². The van der Waals surface area contributed by atoms with Gasteiger partial charge in [0.1, 0.15) is 5.75 Å². The van der Waals surface area contributed by atoms with Crippen LogP contribution in [0.3, 0.4) is 0 Å². The van der Waals surface area contributed by atoms with Gasteiger partial charge in [-0.15, -0.1) is 0 Å². The SMILES string of the molecule is CCOc1ccccc1CNC(=O)C1CCN(c2ncccc2-n2cccc2)CC1. The molecular formula is C24H28N4O2. The number of rotatable bonds is 7. The standard InChI is InChI=1S/C24H28N4O2/c1-2-30-22-10-4-3-8-20(22)18-26-24(29)19-11-16-28(17-12-19)23-21(9-7-13-25-23)27-14-5-6-15-27/h3-10,13-15,19H,2,11-12,16-18H2,1H3,(H,26,29). The molecule has 1 saturated heterocycles. The highest BCUT2D eigenvalue weighted by atomic mass is 16.5. The first-order chi connectivity index (χ1) is 14.8. The number of carbonyl (C=O) groups is 1. The Balaban J connectivity index is 1.35. The van der Waals surface area contributed by atoms with Gasteiger partial charge in [0.2, 0.25) is 5.91 Å². The number of aromatic nitrogens is 2. The molecular weight excluding hydrogens is 376 g/mol. The van der Waals surface area contributed by atoms with Gasteiger partial charge in [-0.05, 0) is 50.1 Å². The molecule has 6 nitrogen and oxygen atoms in total. The van der Waals surface area contributed by atoms with Crippen LogP contribution in [-0.2, 0) is 11.3 Å². The van der Waals surface area contributed by atoms with Crippen LogP contribution in [0.4, 0.5) is 5.82 Å². The summed E-state index contributed by atoms with van der Waals surface area (Å²) in [6, 6.07) is 15.9. The predicted molar refractivity (Wildman–Crippen MR) is 118 cm³/mol. The number of pyridine rings is 1. The fraction of sp³-hybridized carbons (Fsp3) is 0.333. The summed E-state index contributed by atoms with van der Waals surface area (Å²) in [6.07, 6.45) is 7.53. The molecule has 1 amide bonds. The molecule has 6 heteroatoms. The molecule has 0 saturated carbocycles. The van der Waals surface area contributed by atoms with E-state index in [1.807, 2.05) is 68.0 Å². The summed E-state index contributed by atoms with van der Waals surface area (Å²) in [5, 5.41) is 3.10. The minimum atomic E-state index is 0.0271. The van der Waals surface area contributed by atoms with Crippen LogP contribution in [0.1, 0.15) is 25.3 Å². The van der Waals surface area contributed by atoms with Gasteiger partial charge >= 0.3 is 0 Å². The second-order valence-electron chi connectivity index (χ2n) is 7.46. The zero-order valence-electron chi connectivity index (χ0n) is 17.3. The molecule has 1 aliphatic heterocycles. The van der Waals surface area contributed by atoms with E-state index in [1.165, 1.54) is 0 Å². The van der Waals surface area contributed by atoms with Crippen molar-refractivity contribution < 1.29 is 9.53 Å². The van der Waals surface area contributed by atoms with E-state index in [9.17, 15) is 4.79 Å². The second-order valence-corrected chi connectivity index (χ2v) is 7.46. The highest BCUT2D eigenvalue weighted by Crippen LogP contribution is 2.27. The zero-order valence-corrected chi connectivity index (χ0v) is 17.3. The van der Waals surface area contributed by atoms with Crippen LogP contribution < -0.4 is 15.0 Å². The lowest BCUT2D eigenvalue weighted by atomic mass is 9.95. The monoisotopic (exact) mass is 404 g/mol. The number of amides is 1. The Hall–Kier alpha value is -3.28. The molecule has 0 bridgehead atoms. The molecule has 0 aliphatic carbocycles. The van der Waals surface area contributed by atoms with Crippen LogP contribution in [0.15, 0.2) is 67.1 Å². The number of nitrogens with zero attached hydrogens (tertiary/aromatic N) is 3. The molecule has 0 spiro atoms. The van der Waals surface area contributed by atoms with Crippen molar-refractivity contribution in [2.75, 3.05) is 24.6 Å². The Morgan fingerprint density at radius 3 is 2.63 bits per heavy atom. The Morgan fingerprint density at radius 2 is 1.87 bits per heavy atom. The molecule has 0 atom stereocenters. The largest absolute Gasteiger partial charge is 0.494 e. The summed E-state index contributed by atoms with van der Waals surface area (Å²) in [7, 11) is 0. The summed E-state index contributed by atoms with van der Waals surface area (Å²) in [6.45, 7) is 4.71. The van der Waals surface area contributed by atoms with Crippen LogP contribution in [0.25, 0.3) is 5.69 Å². The molecule has 1 aromatic carbocycles. The average Bonchev–Trinajstić information content (AvgIpc) is 3.33. The fourth-order valence-electron chi connectivity index (χ4n) is 3.96. The smallest absolute Gasteiger partial charge is 0.223 e. The number of piperidine rings is 1. The number of nitrogens with one attached hydrogen (secondary N) is 1. The predicted octanol–water partition coefficient (Wildman–Crippen LogP) is 3.80. The molecule has 3 aromatic rings. The molecule has 30 heavy (non-hydrogen) atoms. The van der Waals surface area contributed by atoms with Crippen LogP contribution in [0, 0.1) is 5.92 Å². The van der Waals surface area contributed by atoms with Crippen molar-refractivity contribution in [1.29, 1.82) is 0 Å². The first-order valence-corrected chi connectivity index (χ1v) is 10.6. The van der Waals surface area contributed by atoms with Gasteiger partial charge in [0, 0.05) is 49.7 Å². The second kappa shape index (κ2) is 9.48. The summed E-state index contributed by atoms with van der Waals surface area (Å²) in [5.41, 5.74) is 2.08. The third kappa shape index (κ3) is 4.48. The van der Waals surface area contributed by atoms with E-state index in [4.69, 9.17) is 4.74 Å². The van der Waals surface area contributed by atoms with E-state index in [2.05, 4.69) is 25.8 Å². The first kappa shape index (κ1) is 20.0. The lowest BCUT2D eigenvalue weighted by Crippen LogP contribution is -2.41. The van der Waals surface area contributed by atoms with Crippen molar-refractivity contribution in [3.8, 4) is 11.4 Å². The zero-order chi connectivity index (χ0) is 20.8. The average molecular weight is 405 g/mol. The van der Waals surface area contributed by atoms with E-state index in [-0.39, 0.29) is 11.8 Å². The summed E-state index contributed by atoms with van der Waals surface area (Å²) in [5.74, 6) is 1.95. The first-order valence-electron chi connectivity index (χ1n) is 10.6. The highest BCUT2D eigenvalue weighted by Gasteiger charge is 2.26. The number of ether oxygens (including phenoxy) is 1. The molecule has 2 aromatic heterocycles. The van der Waals surface area contributed by atoms with Gasteiger partial charge in [0.05, 0.1) is 12.3 Å². The lowest BCUT2D eigenvalue weighted by molar-refractivity contribution is -0.125. The van der Waals surface area contributed by atoms with Gasteiger partial charge in [-0.1, -0.05) is 18.2 Å². The number of anilines is 1. The van der Waals surface area contributed by atoms with Crippen molar-refractivity contribution in [1.82, 2.24) is 14.9 Å². The Bertz CT molecular complexity index is 963. The minimum absolute atomic E-state index is 0.0271. The van der Waals surface area contributed by atoms with Crippen LogP contribution >= 0.6 is 0 Å². The normalized spacial score (nSPS) is 14.5. The number of hydrogen-bond acceptors (Lipinski definition) is 4. The number of hydrogen-bond donors (Lipinski definition) is 1. The van der Waals surface area contributed by atoms with Crippen molar-refractivity contribution in [2.45, 2.75) is 26.3 Å². The summed E-state index contributed by atoms with van der Waals surface area (Å²) >= 11 is 0. The minimum Gasteiger partial charge on any atom is -0.494 e. The van der Waals surface area contributed by atoms with E-state index in [0.717, 1.165) is 48.7 Å². The van der Waals surface area contributed by atoms with Crippen molar-refractivity contribution in [3.63, 3.8) is 0 Å². The Kier molecular flexibility index (Phi) is 6.32. The van der Waals surface area contributed by atoms with E-state index in [0.29, 0.717) is 13.2 Å². The van der Waals surface area contributed by atoms with Gasteiger partial charge in [0.25, 0.3) is 0 Å². The molecule has 1 fully saturated rings. The van der Waals surface area contributed by atoms with Crippen molar-refractivity contribution in [3.05, 3.63) is 72.7 Å². The van der Waals surface area contributed by atoms with Gasteiger partial charge in [-0.25, -0.2) is 4.98 Å². The maximum atomic E-state index is 12.7.